The Morgan fingerprint density at radius 3 is 2.41 bits per heavy atom. The smallest absolute Gasteiger partial charge is 0.251 e. The fraction of sp³-hybridized carbons (Fsp3) is 0.333. The summed E-state index contributed by atoms with van der Waals surface area (Å²) in [5.74, 6) is 0.613. The van der Waals surface area contributed by atoms with Crippen LogP contribution in [-0.2, 0) is 11.3 Å². The summed E-state index contributed by atoms with van der Waals surface area (Å²) in [6.07, 6.45) is 0. The van der Waals surface area contributed by atoms with Gasteiger partial charge in [-0.1, -0.05) is 35.5 Å². The van der Waals surface area contributed by atoms with Gasteiger partial charge in [0.05, 0.1) is 11.8 Å². The van der Waals surface area contributed by atoms with Gasteiger partial charge in [-0.05, 0) is 70.0 Å². The van der Waals surface area contributed by atoms with Gasteiger partial charge in [0.2, 0.25) is 5.91 Å². The summed E-state index contributed by atoms with van der Waals surface area (Å²) in [5, 5.41) is 15.1. The van der Waals surface area contributed by atoms with Gasteiger partial charge in [0.1, 0.15) is 0 Å². The Hall–Kier alpha value is -3.13. The van der Waals surface area contributed by atoms with Gasteiger partial charge in [0.25, 0.3) is 5.91 Å². The molecule has 2 N–H and O–H groups in total. The molecule has 3 aromatic rings. The molecule has 2 amide bonds. The second kappa shape index (κ2) is 10.5. The number of hydrogen-bond acceptors (Lipinski definition) is 5. The Morgan fingerprint density at radius 1 is 1.03 bits per heavy atom. The molecular weight excluding hydrogens is 422 g/mol. The number of carbonyl (C=O) groups is 2. The molecule has 0 fully saturated rings. The van der Waals surface area contributed by atoms with Crippen LogP contribution in [0.3, 0.4) is 0 Å². The molecule has 0 aliphatic heterocycles. The van der Waals surface area contributed by atoms with Crippen LogP contribution in [0, 0.1) is 20.8 Å². The van der Waals surface area contributed by atoms with E-state index in [0.29, 0.717) is 23.1 Å². The normalized spacial score (nSPS) is 11.8. The third-order valence-electron chi connectivity index (χ3n) is 4.91. The molecule has 0 unspecified atom stereocenters. The van der Waals surface area contributed by atoms with E-state index in [-0.39, 0.29) is 23.6 Å². The molecular formula is C24H29N5O2S. The predicted molar refractivity (Wildman–Crippen MR) is 128 cm³/mol. The van der Waals surface area contributed by atoms with E-state index in [1.54, 1.807) is 6.07 Å². The number of anilines is 1. The van der Waals surface area contributed by atoms with Gasteiger partial charge in [0, 0.05) is 17.8 Å². The molecule has 1 atom stereocenters. The number of aryl methyl sites for hydroxylation is 3. The van der Waals surface area contributed by atoms with Crippen LogP contribution in [0.5, 0.6) is 0 Å². The number of benzene rings is 2. The van der Waals surface area contributed by atoms with Gasteiger partial charge in [-0.2, -0.15) is 0 Å². The van der Waals surface area contributed by atoms with Crippen molar-refractivity contribution in [3.8, 4) is 0 Å². The Balaban J connectivity index is 1.63. The van der Waals surface area contributed by atoms with Gasteiger partial charge in [-0.15, -0.1) is 10.2 Å². The van der Waals surface area contributed by atoms with Crippen molar-refractivity contribution >= 4 is 29.3 Å². The van der Waals surface area contributed by atoms with Crippen LogP contribution in [0.25, 0.3) is 0 Å². The van der Waals surface area contributed by atoms with E-state index in [9.17, 15) is 9.59 Å². The molecule has 0 saturated carbocycles. The Kier molecular flexibility index (Phi) is 7.69. The molecule has 2 aromatic carbocycles. The van der Waals surface area contributed by atoms with Gasteiger partial charge >= 0.3 is 0 Å². The first-order valence-electron chi connectivity index (χ1n) is 10.6. The van der Waals surface area contributed by atoms with Gasteiger partial charge < -0.3 is 15.2 Å². The fourth-order valence-electron chi connectivity index (χ4n) is 3.53. The highest BCUT2D eigenvalue weighted by atomic mass is 32.2. The van der Waals surface area contributed by atoms with E-state index >= 15 is 0 Å². The van der Waals surface area contributed by atoms with Crippen molar-refractivity contribution in [3.05, 3.63) is 70.5 Å². The zero-order chi connectivity index (χ0) is 23.3. The first kappa shape index (κ1) is 23.5. The zero-order valence-corrected chi connectivity index (χ0v) is 19.9. The minimum absolute atomic E-state index is 0.104. The van der Waals surface area contributed by atoms with Crippen LogP contribution < -0.4 is 10.6 Å². The van der Waals surface area contributed by atoms with Crippen LogP contribution in [0.15, 0.2) is 47.6 Å². The summed E-state index contributed by atoms with van der Waals surface area (Å²) < 4.78 is 1.93. The highest BCUT2D eigenvalue weighted by Gasteiger charge is 2.20. The Morgan fingerprint density at radius 2 is 1.75 bits per heavy atom. The van der Waals surface area contributed by atoms with Crippen molar-refractivity contribution in [1.82, 2.24) is 20.1 Å². The maximum atomic E-state index is 12.6. The van der Waals surface area contributed by atoms with Crippen molar-refractivity contribution in [3.63, 3.8) is 0 Å². The monoisotopic (exact) mass is 451 g/mol. The largest absolute Gasteiger partial charge is 0.342 e. The summed E-state index contributed by atoms with van der Waals surface area (Å²) >= 11 is 1.33. The summed E-state index contributed by atoms with van der Waals surface area (Å²) in [6.45, 7) is 10.5. The minimum atomic E-state index is -0.325. The maximum absolute atomic E-state index is 12.6. The average molecular weight is 452 g/mol. The average Bonchev–Trinajstić information content (AvgIpc) is 3.14. The van der Waals surface area contributed by atoms with E-state index in [0.717, 1.165) is 22.4 Å². The topological polar surface area (TPSA) is 88.9 Å². The van der Waals surface area contributed by atoms with Gasteiger partial charge in [-0.3, -0.25) is 9.59 Å². The van der Waals surface area contributed by atoms with E-state index in [4.69, 9.17) is 0 Å². The van der Waals surface area contributed by atoms with Crippen LogP contribution >= 0.6 is 11.8 Å². The number of amides is 2. The number of nitrogens with zero attached hydrogens (tertiary/aromatic N) is 3. The highest BCUT2D eigenvalue weighted by molar-refractivity contribution is 7.99. The van der Waals surface area contributed by atoms with Gasteiger partial charge in [0.15, 0.2) is 11.0 Å². The molecule has 32 heavy (non-hydrogen) atoms. The van der Waals surface area contributed by atoms with Crippen LogP contribution in [0.4, 0.5) is 5.69 Å². The van der Waals surface area contributed by atoms with Crippen molar-refractivity contribution in [1.29, 1.82) is 0 Å². The number of hydrogen-bond donors (Lipinski definition) is 2. The molecule has 3 rings (SSSR count). The number of nitrogens with one attached hydrogen (secondary N) is 2. The molecule has 0 aliphatic rings. The molecule has 1 aromatic heterocycles. The number of rotatable bonds is 8. The summed E-state index contributed by atoms with van der Waals surface area (Å²) in [5.41, 5.74) is 4.63. The minimum Gasteiger partial charge on any atom is -0.342 e. The first-order valence-corrected chi connectivity index (χ1v) is 11.6. The van der Waals surface area contributed by atoms with E-state index in [1.807, 2.05) is 69.5 Å². The molecule has 0 aliphatic carbocycles. The molecule has 168 valence electrons. The molecule has 0 bridgehead atoms. The molecule has 7 nitrogen and oxygen atoms in total. The number of thioether (sulfide) groups is 1. The lowest BCUT2D eigenvalue weighted by Crippen LogP contribution is -2.28. The molecule has 8 heteroatoms. The third kappa shape index (κ3) is 5.97. The predicted octanol–water partition coefficient (Wildman–Crippen LogP) is 4.45. The first-order chi connectivity index (χ1) is 15.3. The molecule has 0 saturated heterocycles. The highest BCUT2D eigenvalue weighted by Crippen LogP contribution is 2.22. The van der Waals surface area contributed by atoms with Crippen LogP contribution in [0.2, 0.25) is 0 Å². The molecule has 0 radical (unpaired) electrons. The second-order valence-corrected chi connectivity index (χ2v) is 8.81. The van der Waals surface area contributed by atoms with Crippen molar-refractivity contribution < 1.29 is 9.59 Å². The van der Waals surface area contributed by atoms with E-state index in [2.05, 4.69) is 26.9 Å². The quantitative estimate of drug-likeness (QED) is 0.494. The summed E-state index contributed by atoms with van der Waals surface area (Å²) in [7, 11) is 0. The Bertz CT molecular complexity index is 1110. The summed E-state index contributed by atoms with van der Waals surface area (Å²) in [4.78, 5) is 25.0. The second-order valence-electron chi connectivity index (χ2n) is 7.86. The lowest BCUT2D eigenvalue weighted by atomic mass is 10.1. The van der Waals surface area contributed by atoms with E-state index in [1.165, 1.54) is 11.8 Å². The Labute approximate surface area is 193 Å². The van der Waals surface area contributed by atoms with Crippen molar-refractivity contribution in [2.75, 3.05) is 11.1 Å². The lowest BCUT2D eigenvalue weighted by molar-refractivity contribution is -0.113. The lowest BCUT2D eigenvalue weighted by Gasteiger charge is -2.15. The third-order valence-corrected chi connectivity index (χ3v) is 5.88. The maximum Gasteiger partial charge on any atom is 0.251 e. The molecule has 0 spiro atoms. The van der Waals surface area contributed by atoms with Crippen LogP contribution in [-0.4, -0.2) is 32.3 Å². The van der Waals surface area contributed by atoms with Crippen molar-refractivity contribution in [2.45, 2.75) is 52.4 Å². The molecule has 1 heterocycles. The fourth-order valence-corrected chi connectivity index (χ4v) is 4.34. The zero-order valence-electron chi connectivity index (χ0n) is 19.1. The van der Waals surface area contributed by atoms with Crippen molar-refractivity contribution in [2.24, 2.45) is 0 Å². The van der Waals surface area contributed by atoms with E-state index < -0.39 is 0 Å². The standard InChI is InChI=1S/C24H29N5O2S/c1-6-29-22(18(5)25-23(31)19-9-7-8-15(2)11-19)27-28-24(29)32-14-21(30)26-20-12-16(3)10-17(4)13-20/h7-13,18H,6,14H2,1-5H3,(H,25,31)(H,26,30)/t18-/m0/s1. The summed E-state index contributed by atoms with van der Waals surface area (Å²) in [6, 6.07) is 13.1. The van der Waals surface area contributed by atoms with Gasteiger partial charge in [-0.25, -0.2) is 0 Å². The number of aromatic nitrogens is 3. The SMILES string of the molecule is CCn1c(SCC(=O)Nc2cc(C)cc(C)c2)nnc1[C@H](C)NC(=O)c1cccc(C)c1. The van der Waals surface area contributed by atoms with Crippen LogP contribution in [0.1, 0.15) is 52.8 Å². The number of carbonyl (C=O) groups excluding carboxylic acids is 2.